The van der Waals surface area contributed by atoms with Crippen LogP contribution in [0.25, 0.3) is 21.5 Å². The van der Waals surface area contributed by atoms with Crippen LogP contribution in [0.1, 0.15) is 11.1 Å². The Bertz CT molecular complexity index is 656. The van der Waals surface area contributed by atoms with Gasteiger partial charge >= 0.3 is 119 Å². The van der Waals surface area contributed by atoms with Crippen LogP contribution in [0.4, 0.5) is 0 Å². The van der Waals surface area contributed by atoms with E-state index < -0.39 is 0 Å². The molecule has 1 aromatic heterocycles. The summed E-state index contributed by atoms with van der Waals surface area (Å²) >= 11 is 0.0870. The van der Waals surface area contributed by atoms with E-state index in [2.05, 4.69) is 54.2 Å². The molecule has 0 spiro atoms. The van der Waals surface area contributed by atoms with Crippen molar-refractivity contribution in [3.05, 3.63) is 59.7 Å². The van der Waals surface area contributed by atoms with Crippen molar-refractivity contribution in [2.24, 2.45) is 0 Å². The molecule has 0 N–H and O–H groups in total. The molecule has 1 heterocycles. The first-order valence-corrected chi connectivity index (χ1v) is 7.83. The fourth-order valence-corrected chi connectivity index (χ4v) is 3.69. The molecule has 2 nitrogen and oxygen atoms in total. The fourth-order valence-electron chi connectivity index (χ4n) is 2.08. The van der Waals surface area contributed by atoms with Crippen molar-refractivity contribution in [3.8, 4) is 21.5 Å². The SMILES string of the molecule is Cc1ccccc1-c1n[se]c(-c2ccccc2C)n1. The van der Waals surface area contributed by atoms with Gasteiger partial charge in [0.15, 0.2) is 0 Å². The number of aromatic nitrogens is 2. The quantitative estimate of drug-likeness (QED) is 0.677. The van der Waals surface area contributed by atoms with Gasteiger partial charge in [0.2, 0.25) is 0 Å². The summed E-state index contributed by atoms with van der Waals surface area (Å²) in [5.74, 6) is 0.886. The van der Waals surface area contributed by atoms with E-state index in [9.17, 15) is 0 Å². The molecule has 0 aliphatic heterocycles. The average molecular weight is 313 g/mol. The van der Waals surface area contributed by atoms with Gasteiger partial charge < -0.3 is 0 Å². The van der Waals surface area contributed by atoms with Gasteiger partial charge in [0.05, 0.1) is 0 Å². The number of hydrogen-bond donors (Lipinski definition) is 0. The Morgan fingerprint density at radius 2 is 1.37 bits per heavy atom. The molecule has 0 bridgehead atoms. The van der Waals surface area contributed by atoms with Gasteiger partial charge in [-0.3, -0.25) is 0 Å². The van der Waals surface area contributed by atoms with E-state index in [-0.39, 0.29) is 14.7 Å². The summed E-state index contributed by atoms with van der Waals surface area (Å²) in [6.45, 7) is 4.23. The molecule has 3 aromatic rings. The van der Waals surface area contributed by atoms with Gasteiger partial charge in [-0.05, 0) is 0 Å². The molecule has 0 radical (unpaired) electrons. The fraction of sp³-hybridized carbons (Fsp3) is 0.125. The van der Waals surface area contributed by atoms with Crippen LogP contribution in [0.2, 0.25) is 0 Å². The Labute approximate surface area is 119 Å². The number of benzene rings is 2. The van der Waals surface area contributed by atoms with E-state index in [1.807, 2.05) is 12.1 Å². The zero-order chi connectivity index (χ0) is 13.2. The molecule has 3 rings (SSSR count). The molecule has 0 saturated carbocycles. The number of hydrogen-bond acceptors (Lipinski definition) is 2. The molecule has 3 heteroatoms. The van der Waals surface area contributed by atoms with Crippen molar-refractivity contribution in [3.63, 3.8) is 0 Å². The summed E-state index contributed by atoms with van der Waals surface area (Å²) in [5, 5.41) is 0. The van der Waals surface area contributed by atoms with Gasteiger partial charge in [-0.2, -0.15) is 0 Å². The van der Waals surface area contributed by atoms with Crippen LogP contribution in [0.5, 0.6) is 0 Å². The molecule has 94 valence electrons. The zero-order valence-electron chi connectivity index (χ0n) is 10.9. The van der Waals surface area contributed by atoms with Gasteiger partial charge in [0.25, 0.3) is 0 Å². The maximum absolute atomic E-state index is 4.74. The van der Waals surface area contributed by atoms with Crippen molar-refractivity contribution < 1.29 is 0 Å². The van der Waals surface area contributed by atoms with Crippen LogP contribution in [-0.4, -0.2) is 23.7 Å². The Balaban J connectivity index is 2.06. The predicted molar refractivity (Wildman–Crippen MR) is 79.3 cm³/mol. The third-order valence-corrected chi connectivity index (χ3v) is 4.76. The van der Waals surface area contributed by atoms with Crippen LogP contribution < -0.4 is 0 Å². The second kappa shape index (κ2) is 5.12. The predicted octanol–water partition coefficient (Wildman–Crippen LogP) is 3.48. The molecule has 0 saturated heterocycles. The van der Waals surface area contributed by atoms with Crippen molar-refractivity contribution in [2.45, 2.75) is 13.8 Å². The van der Waals surface area contributed by atoms with Crippen LogP contribution in [0, 0.1) is 13.8 Å². The topological polar surface area (TPSA) is 25.8 Å². The van der Waals surface area contributed by atoms with E-state index in [1.165, 1.54) is 16.7 Å². The van der Waals surface area contributed by atoms with E-state index in [4.69, 9.17) is 4.98 Å². The van der Waals surface area contributed by atoms with Gasteiger partial charge in [0, 0.05) is 0 Å². The summed E-state index contributed by atoms with van der Waals surface area (Å²) in [7, 11) is 0. The molecule has 0 fully saturated rings. The van der Waals surface area contributed by atoms with Crippen LogP contribution in [0.15, 0.2) is 48.5 Å². The first-order chi connectivity index (χ1) is 9.25. The minimum absolute atomic E-state index is 0.0870. The molecule has 0 amide bonds. The molecule has 2 aromatic carbocycles. The van der Waals surface area contributed by atoms with Crippen LogP contribution in [-0.2, 0) is 0 Å². The van der Waals surface area contributed by atoms with E-state index >= 15 is 0 Å². The van der Waals surface area contributed by atoms with Crippen molar-refractivity contribution in [2.75, 3.05) is 0 Å². The summed E-state index contributed by atoms with van der Waals surface area (Å²) in [5.41, 5.74) is 4.87. The van der Waals surface area contributed by atoms with Gasteiger partial charge in [-0.15, -0.1) is 0 Å². The summed E-state index contributed by atoms with van der Waals surface area (Å²) in [4.78, 5) is 4.74. The molecular formula is C16H14N2Se. The van der Waals surface area contributed by atoms with Gasteiger partial charge in [-0.25, -0.2) is 0 Å². The first kappa shape index (κ1) is 12.3. The monoisotopic (exact) mass is 314 g/mol. The summed E-state index contributed by atoms with van der Waals surface area (Å²) in [6, 6.07) is 16.7. The van der Waals surface area contributed by atoms with Gasteiger partial charge in [-0.1, -0.05) is 0 Å². The average Bonchev–Trinajstić information content (AvgIpc) is 2.89. The Morgan fingerprint density at radius 3 is 2.00 bits per heavy atom. The minimum atomic E-state index is 0.0870. The number of aryl methyl sites for hydroxylation is 2. The second-order valence-electron chi connectivity index (χ2n) is 4.55. The van der Waals surface area contributed by atoms with Crippen molar-refractivity contribution in [1.82, 2.24) is 8.96 Å². The normalized spacial score (nSPS) is 10.6. The summed E-state index contributed by atoms with van der Waals surface area (Å²) in [6.07, 6.45) is 0. The zero-order valence-corrected chi connectivity index (χ0v) is 12.6. The molecule has 0 aliphatic carbocycles. The maximum atomic E-state index is 4.74. The van der Waals surface area contributed by atoms with Crippen LogP contribution in [0.3, 0.4) is 0 Å². The Hall–Kier alpha value is -1.70. The Morgan fingerprint density at radius 1 is 0.789 bits per heavy atom. The first-order valence-electron chi connectivity index (χ1n) is 6.21. The van der Waals surface area contributed by atoms with E-state index in [0.717, 1.165) is 16.0 Å². The third-order valence-electron chi connectivity index (χ3n) is 3.19. The standard InChI is InChI=1S/C16H14N2Se/c1-11-7-3-5-9-13(11)15-17-16(19-18-15)14-10-6-4-8-12(14)2/h3-10H,1-2H3. The molecular weight excluding hydrogens is 299 g/mol. The van der Waals surface area contributed by atoms with E-state index in [0.29, 0.717) is 0 Å². The molecule has 19 heavy (non-hydrogen) atoms. The van der Waals surface area contributed by atoms with Crippen molar-refractivity contribution in [1.29, 1.82) is 0 Å². The van der Waals surface area contributed by atoms with Gasteiger partial charge in [0.1, 0.15) is 0 Å². The third kappa shape index (κ3) is 2.40. The molecule has 0 atom stereocenters. The molecule has 0 aliphatic rings. The second-order valence-corrected chi connectivity index (χ2v) is 6.13. The van der Waals surface area contributed by atoms with Crippen LogP contribution >= 0.6 is 0 Å². The van der Waals surface area contributed by atoms with E-state index in [1.54, 1.807) is 0 Å². The number of rotatable bonds is 2. The molecule has 0 unspecified atom stereocenters. The van der Waals surface area contributed by atoms with Crippen molar-refractivity contribution >= 4 is 14.7 Å². The summed E-state index contributed by atoms with van der Waals surface area (Å²) < 4.78 is 5.77. The number of nitrogens with zero attached hydrogens (tertiary/aromatic N) is 2. The Kier molecular flexibility index (Phi) is 3.32.